The molecule has 4 heteroatoms. The van der Waals surface area contributed by atoms with Crippen LogP contribution in [0.2, 0.25) is 0 Å². The quantitative estimate of drug-likeness (QED) is 0.801. The van der Waals surface area contributed by atoms with Gasteiger partial charge < -0.3 is 5.32 Å². The van der Waals surface area contributed by atoms with E-state index in [-0.39, 0.29) is 5.69 Å². The number of hydrogen-bond donors (Lipinski definition) is 1. The third-order valence-corrected chi connectivity index (χ3v) is 2.79. The molecule has 0 aliphatic carbocycles. The van der Waals surface area contributed by atoms with E-state index in [4.69, 9.17) is 0 Å². The Morgan fingerprint density at radius 3 is 2.16 bits per heavy atom. The zero-order chi connectivity index (χ0) is 13.7. The van der Waals surface area contributed by atoms with Gasteiger partial charge in [0.2, 0.25) is 0 Å². The summed E-state index contributed by atoms with van der Waals surface area (Å²) in [7, 11) is 0. The maximum atomic E-state index is 13.3. The number of benzene rings is 2. The normalized spacial score (nSPS) is 10.5. The van der Waals surface area contributed by atoms with Crippen LogP contribution in [0.15, 0.2) is 42.5 Å². The molecule has 0 unspecified atom stereocenters. The smallest absolute Gasteiger partial charge is 0.152 e. The fraction of sp³-hybridized carbons (Fsp3) is 0.200. The van der Waals surface area contributed by atoms with E-state index in [2.05, 4.69) is 5.32 Å². The first-order valence-electron chi connectivity index (χ1n) is 6.09. The zero-order valence-electron chi connectivity index (χ0n) is 10.3. The summed E-state index contributed by atoms with van der Waals surface area (Å²) in [6.07, 6.45) is 1.55. The number of rotatable bonds is 5. The molecule has 0 fully saturated rings. The second kappa shape index (κ2) is 6.27. The highest BCUT2D eigenvalue weighted by molar-refractivity contribution is 5.46. The van der Waals surface area contributed by atoms with Crippen molar-refractivity contribution < 1.29 is 13.2 Å². The standard InChI is InChI=1S/C15H14F3N/c16-12-9-13(17)15(14(18)10-12)19-8-4-7-11-5-2-1-3-6-11/h1-3,5-6,9-10,19H,4,7-8H2. The van der Waals surface area contributed by atoms with Gasteiger partial charge >= 0.3 is 0 Å². The van der Waals surface area contributed by atoms with E-state index in [1.807, 2.05) is 30.3 Å². The highest BCUT2D eigenvalue weighted by Crippen LogP contribution is 2.20. The van der Waals surface area contributed by atoms with Crippen molar-refractivity contribution in [3.8, 4) is 0 Å². The predicted octanol–water partition coefficient (Wildman–Crippen LogP) is 4.15. The summed E-state index contributed by atoms with van der Waals surface area (Å²) < 4.78 is 39.3. The van der Waals surface area contributed by atoms with E-state index in [1.165, 1.54) is 5.56 Å². The predicted molar refractivity (Wildman–Crippen MR) is 69.6 cm³/mol. The van der Waals surface area contributed by atoms with Crippen LogP contribution in [-0.2, 0) is 6.42 Å². The lowest BCUT2D eigenvalue weighted by molar-refractivity contribution is 0.547. The minimum absolute atomic E-state index is 0.269. The monoisotopic (exact) mass is 265 g/mol. The lowest BCUT2D eigenvalue weighted by Crippen LogP contribution is -2.07. The molecule has 2 aromatic rings. The number of halogens is 3. The molecule has 2 rings (SSSR count). The van der Waals surface area contributed by atoms with Gasteiger partial charge in [0.1, 0.15) is 11.5 Å². The molecule has 0 aromatic heterocycles. The Kier molecular flexibility index (Phi) is 4.44. The van der Waals surface area contributed by atoms with Crippen LogP contribution in [0.3, 0.4) is 0 Å². The molecule has 0 saturated heterocycles. The second-order valence-corrected chi connectivity index (χ2v) is 4.26. The van der Waals surface area contributed by atoms with E-state index in [0.717, 1.165) is 12.8 Å². The molecular formula is C15H14F3N. The van der Waals surface area contributed by atoms with Crippen molar-refractivity contribution in [2.24, 2.45) is 0 Å². The fourth-order valence-electron chi connectivity index (χ4n) is 1.86. The number of nitrogens with one attached hydrogen (secondary N) is 1. The maximum Gasteiger partial charge on any atom is 0.152 e. The van der Waals surface area contributed by atoms with Crippen molar-refractivity contribution in [1.82, 2.24) is 0 Å². The summed E-state index contributed by atoms with van der Waals surface area (Å²) in [5.74, 6) is -2.72. The molecule has 0 amide bonds. The van der Waals surface area contributed by atoms with Crippen LogP contribution in [0.25, 0.3) is 0 Å². The molecule has 0 atom stereocenters. The second-order valence-electron chi connectivity index (χ2n) is 4.26. The molecule has 100 valence electrons. The zero-order valence-corrected chi connectivity index (χ0v) is 10.3. The van der Waals surface area contributed by atoms with Crippen molar-refractivity contribution in [1.29, 1.82) is 0 Å². The van der Waals surface area contributed by atoms with Crippen molar-refractivity contribution >= 4 is 5.69 Å². The minimum Gasteiger partial charge on any atom is -0.380 e. The minimum atomic E-state index is -0.912. The van der Waals surface area contributed by atoms with Gasteiger partial charge in [-0.05, 0) is 18.4 Å². The molecule has 0 radical (unpaired) electrons. The lowest BCUT2D eigenvalue weighted by Gasteiger charge is -2.08. The average molecular weight is 265 g/mol. The fourth-order valence-corrected chi connectivity index (χ4v) is 1.86. The summed E-state index contributed by atoms with van der Waals surface area (Å²) in [6.45, 7) is 0.425. The molecule has 1 N–H and O–H groups in total. The molecule has 0 saturated carbocycles. The van der Waals surface area contributed by atoms with Crippen LogP contribution in [0.1, 0.15) is 12.0 Å². The van der Waals surface area contributed by atoms with Crippen LogP contribution in [-0.4, -0.2) is 6.54 Å². The average Bonchev–Trinajstić information content (AvgIpc) is 2.38. The van der Waals surface area contributed by atoms with Gasteiger partial charge in [-0.1, -0.05) is 30.3 Å². The Hall–Kier alpha value is -1.97. The van der Waals surface area contributed by atoms with Crippen LogP contribution in [0, 0.1) is 17.5 Å². The van der Waals surface area contributed by atoms with E-state index in [9.17, 15) is 13.2 Å². The summed E-state index contributed by atoms with van der Waals surface area (Å²) >= 11 is 0. The lowest BCUT2D eigenvalue weighted by atomic mass is 10.1. The van der Waals surface area contributed by atoms with Crippen LogP contribution >= 0.6 is 0 Å². The first-order chi connectivity index (χ1) is 9.16. The number of hydrogen-bond acceptors (Lipinski definition) is 1. The Morgan fingerprint density at radius 2 is 1.53 bits per heavy atom. The van der Waals surface area contributed by atoms with E-state index >= 15 is 0 Å². The summed E-state index contributed by atoms with van der Waals surface area (Å²) in [4.78, 5) is 0. The first kappa shape index (κ1) is 13.5. The van der Waals surface area contributed by atoms with Crippen molar-refractivity contribution in [3.05, 3.63) is 65.5 Å². The van der Waals surface area contributed by atoms with Crippen LogP contribution < -0.4 is 5.32 Å². The van der Waals surface area contributed by atoms with Gasteiger partial charge in [-0.3, -0.25) is 0 Å². The topological polar surface area (TPSA) is 12.0 Å². The Balaban J connectivity index is 1.86. The number of aryl methyl sites for hydroxylation is 1. The molecule has 0 aliphatic rings. The number of anilines is 1. The summed E-state index contributed by atoms with van der Waals surface area (Å²) in [5.41, 5.74) is 0.902. The molecule has 0 spiro atoms. The maximum absolute atomic E-state index is 13.3. The van der Waals surface area contributed by atoms with E-state index in [1.54, 1.807) is 0 Å². The molecule has 0 bridgehead atoms. The Labute approximate surface area is 110 Å². The third kappa shape index (κ3) is 3.74. The SMILES string of the molecule is Fc1cc(F)c(NCCCc2ccccc2)c(F)c1. The molecule has 1 nitrogen and oxygen atoms in total. The van der Waals surface area contributed by atoms with Crippen molar-refractivity contribution in [2.75, 3.05) is 11.9 Å². The Bertz CT molecular complexity index is 517. The van der Waals surface area contributed by atoms with E-state index in [0.29, 0.717) is 18.7 Å². The van der Waals surface area contributed by atoms with Crippen molar-refractivity contribution in [2.45, 2.75) is 12.8 Å². The van der Waals surface area contributed by atoms with Gasteiger partial charge in [-0.2, -0.15) is 0 Å². The van der Waals surface area contributed by atoms with Gasteiger partial charge in [0.25, 0.3) is 0 Å². The summed E-state index contributed by atoms with van der Waals surface area (Å²) in [5, 5.41) is 2.66. The van der Waals surface area contributed by atoms with Gasteiger partial charge in [0, 0.05) is 18.7 Å². The van der Waals surface area contributed by atoms with Crippen LogP contribution in [0.4, 0.5) is 18.9 Å². The van der Waals surface area contributed by atoms with E-state index < -0.39 is 17.5 Å². The van der Waals surface area contributed by atoms with Crippen LogP contribution in [0.5, 0.6) is 0 Å². The largest absolute Gasteiger partial charge is 0.380 e. The van der Waals surface area contributed by atoms with Gasteiger partial charge in [-0.25, -0.2) is 13.2 Å². The van der Waals surface area contributed by atoms with Crippen molar-refractivity contribution in [3.63, 3.8) is 0 Å². The highest BCUT2D eigenvalue weighted by atomic mass is 19.1. The van der Waals surface area contributed by atoms with Gasteiger partial charge in [-0.15, -0.1) is 0 Å². The van der Waals surface area contributed by atoms with Gasteiger partial charge in [0.05, 0.1) is 0 Å². The molecular weight excluding hydrogens is 251 g/mol. The highest BCUT2D eigenvalue weighted by Gasteiger charge is 2.10. The molecule has 19 heavy (non-hydrogen) atoms. The molecule has 2 aromatic carbocycles. The van der Waals surface area contributed by atoms with Gasteiger partial charge in [0.15, 0.2) is 11.6 Å². The molecule has 0 heterocycles. The Morgan fingerprint density at radius 1 is 0.895 bits per heavy atom. The summed E-state index contributed by atoms with van der Waals surface area (Å²) in [6, 6.07) is 11.2. The first-order valence-corrected chi connectivity index (χ1v) is 6.09. The third-order valence-electron chi connectivity index (χ3n) is 2.79. The molecule has 0 aliphatic heterocycles.